The Kier molecular flexibility index (Phi) is 6.15. The first-order chi connectivity index (χ1) is 20.4. The van der Waals surface area contributed by atoms with Gasteiger partial charge in [-0.15, -0.1) is 0 Å². The maximum atomic E-state index is 11.2. The summed E-state index contributed by atoms with van der Waals surface area (Å²) in [5, 5.41) is 15.1. The third-order valence-electron chi connectivity index (χ3n) is 6.26. The van der Waals surface area contributed by atoms with Crippen LogP contribution < -0.4 is 20.5 Å². The van der Waals surface area contributed by atoms with Crippen molar-refractivity contribution in [2.45, 2.75) is 31.9 Å². The van der Waals surface area contributed by atoms with E-state index >= 15 is 0 Å². The molecular weight excluding hydrogens is 492 g/mol. The highest BCUT2D eigenvalue weighted by Crippen LogP contribution is 2.33. The molecule has 0 aliphatic rings. The van der Waals surface area contributed by atoms with E-state index in [4.69, 9.17) is 20.7 Å². The first kappa shape index (κ1) is 21.5. The van der Waals surface area contributed by atoms with Crippen LogP contribution >= 0.6 is 0 Å². The summed E-state index contributed by atoms with van der Waals surface area (Å²) in [6.45, 7) is 4.19. The number of rotatable bonds is 11. The molecule has 1 atom stereocenters. The standard InChI is InChI=1S/C31H32N4O4/c1-31(2,16-20-10-13-23(14-11-20)39-28-15-12-21(17-33-28)30(32)37)34-18-22(36)19-38-27-9-5-8-26-29(27)24-6-3-4-7-25(24)35-26/h3-15,17,22,34-36H,16,18-19H2,1-2H3,(H2,32,37)/t22-/m0/s1/i3D,7D,8D,9D. The van der Waals surface area contributed by atoms with E-state index < -0.39 is 12.0 Å². The maximum absolute atomic E-state index is 11.2. The number of amides is 1. The number of primary amides is 1. The highest BCUT2D eigenvalue weighted by Gasteiger charge is 2.20. The van der Waals surface area contributed by atoms with Crippen molar-refractivity contribution < 1.29 is 24.9 Å². The van der Waals surface area contributed by atoms with Gasteiger partial charge in [-0.3, -0.25) is 4.79 Å². The fourth-order valence-corrected chi connectivity index (χ4v) is 4.30. The Labute approximate surface area is 232 Å². The summed E-state index contributed by atoms with van der Waals surface area (Å²) in [6.07, 6.45) is 1.14. The van der Waals surface area contributed by atoms with E-state index in [1.807, 2.05) is 38.1 Å². The van der Waals surface area contributed by atoms with Gasteiger partial charge in [0, 0.05) is 40.6 Å². The number of nitrogens with one attached hydrogen (secondary N) is 2. The van der Waals surface area contributed by atoms with E-state index in [2.05, 4.69) is 15.3 Å². The Hall–Kier alpha value is -4.40. The number of aliphatic hydroxyl groups excluding tert-OH is 1. The quantitative estimate of drug-likeness (QED) is 0.192. The van der Waals surface area contributed by atoms with Crippen LogP contribution in [0.4, 0.5) is 0 Å². The molecule has 5 rings (SSSR count). The summed E-state index contributed by atoms with van der Waals surface area (Å²) in [6, 6.07) is 15.4. The number of ether oxygens (including phenoxy) is 2. The maximum Gasteiger partial charge on any atom is 0.250 e. The molecule has 200 valence electrons. The van der Waals surface area contributed by atoms with Gasteiger partial charge in [-0.05, 0) is 62.2 Å². The van der Waals surface area contributed by atoms with Crippen molar-refractivity contribution in [2.75, 3.05) is 13.2 Å². The van der Waals surface area contributed by atoms with E-state index in [0.717, 1.165) is 5.56 Å². The largest absolute Gasteiger partial charge is 0.490 e. The van der Waals surface area contributed by atoms with Crippen LogP contribution in [0.2, 0.25) is 0 Å². The van der Waals surface area contributed by atoms with Crippen molar-refractivity contribution in [3.05, 3.63) is 96.1 Å². The predicted molar refractivity (Wildman–Crippen MR) is 152 cm³/mol. The van der Waals surface area contributed by atoms with Crippen LogP contribution in [0.1, 0.15) is 35.3 Å². The Morgan fingerprint density at radius 2 is 1.92 bits per heavy atom. The molecule has 39 heavy (non-hydrogen) atoms. The average molecular weight is 529 g/mol. The van der Waals surface area contributed by atoms with Gasteiger partial charge in [-0.25, -0.2) is 4.98 Å². The fourth-order valence-electron chi connectivity index (χ4n) is 4.30. The molecule has 8 nitrogen and oxygen atoms in total. The SMILES string of the molecule is [2H]c1cc([2H])c2[nH]c3c([2H])cc([2H])c(OC[C@@H](O)CNC(C)(C)Cc4ccc(Oc5ccc(C(N)=O)cn5)cc4)c3c2c1. The smallest absolute Gasteiger partial charge is 0.250 e. The van der Waals surface area contributed by atoms with Gasteiger partial charge in [-0.1, -0.05) is 36.4 Å². The number of aliphatic hydroxyl groups is 1. The normalized spacial score (nSPS) is 13.9. The number of pyridine rings is 1. The number of carbonyl (C=O) groups excluding carboxylic acids is 1. The highest BCUT2D eigenvalue weighted by atomic mass is 16.5. The van der Waals surface area contributed by atoms with E-state index in [1.54, 1.807) is 18.2 Å². The Morgan fingerprint density at radius 1 is 1.13 bits per heavy atom. The molecule has 5 aromatic rings. The number of hydrogen-bond donors (Lipinski definition) is 4. The Bertz CT molecular complexity index is 1790. The third-order valence-corrected chi connectivity index (χ3v) is 6.26. The summed E-state index contributed by atoms with van der Waals surface area (Å²) < 4.78 is 44.6. The number of carbonyl (C=O) groups is 1. The second-order valence-corrected chi connectivity index (χ2v) is 9.93. The van der Waals surface area contributed by atoms with Crippen molar-refractivity contribution in [1.29, 1.82) is 0 Å². The van der Waals surface area contributed by atoms with Crippen molar-refractivity contribution in [2.24, 2.45) is 5.73 Å². The molecule has 0 bridgehead atoms. The number of fused-ring (bicyclic) bond motifs is 3. The van der Waals surface area contributed by atoms with E-state index in [1.165, 1.54) is 18.3 Å². The number of hydrogen-bond acceptors (Lipinski definition) is 6. The summed E-state index contributed by atoms with van der Waals surface area (Å²) in [7, 11) is 0. The first-order valence-corrected chi connectivity index (χ1v) is 12.5. The minimum atomic E-state index is -0.891. The number of nitrogens with zero attached hydrogens (tertiary/aromatic N) is 1. The number of aromatic amines is 1. The molecular formula is C31H32N4O4. The molecule has 5 N–H and O–H groups in total. The van der Waals surface area contributed by atoms with Gasteiger partial charge in [-0.2, -0.15) is 0 Å². The average Bonchev–Trinajstić information content (AvgIpc) is 3.33. The number of nitrogens with two attached hydrogens (primary N) is 1. The Balaban J connectivity index is 1.19. The molecule has 0 radical (unpaired) electrons. The summed E-state index contributed by atoms with van der Waals surface area (Å²) >= 11 is 0. The predicted octanol–water partition coefficient (Wildman–Crippen LogP) is 4.96. The van der Waals surface area contributed by atoms with Crippen LogP contribution in [0, 0.1) is 0 Å². The van der Waals surface area contributed by atoms with E-state index in [0.29, 0.717) is 45.4 Å². The molecule has 0 unspecified atom stereocenters. The van der Waals surface area contributed by atoms with Gasteiger partial charge in [0.1, 0.15) is 24.2 Å². The molecule has 0 saturated heterocycles. The Morgan fingerprint density at radius 3 is 2.67 bits per heavy atom. The molecule has 3 aromatic carbocycles. The number of para-hydroxylation sites is 1. The molecule has 0 spiro atoms. The fraction of sp³-hybridized carbons (Fsp3) is 0.226. The zero-order chi connectivity index (χ0) is 30.9. The van der Waals surface area contributed by atoms with Gasteiger partial charge in [0.25, 0.3) is 0 Å². The van der Waals surface area contributed by atoms with Crippen LogP contribution in [0.15, 0.2) is 85.0 Å². The van der Waals surface area contributed by atoms with Gasteiger partial charge in [0.15, 0.2) is 0 Å². The molecule has 2 aromatic heterocycles. The lowest BCUT2D eigenvalue weighted by atomic mass is 9.94. The van der Waals surface area contributed by atoms with Gasteiger partial charge >= 0.3 is 0 Å². The van der Waals surface area contributed by atoms with Gasteiger partial charge < -0.3 is 30.6 Å². The molecule has 8 heteroatoms. The van der Waals surface area contributed by atoms with Gasteiger partial charge in [0.2, 0.25) is 11.8 Å². The second kappa shape index (κ2) is 11.1. The van der Waals surface area contributed by atoms with Crippen LogP contribution in [0.5, 0.6) is 17.4 Å². The van der Waals surface area contributed by atoms with Crippen LogP contribution in [0.25, 0.3) is 21.8 Å². The molecule has 0 fully saturated rings. The molecule has 1 amide bonds. The van der Waals surface area contributed by atoms with Crippen molar-refractivity contribution in [3.8, 4) is 17.4 Å². The van der Waals surface area contributed by atoms with Crippen molar-refractivity contribution in [3.63, 3.8) is 0 Å². The van der Waals surface area contributed by atoms with Gasteiger partial charge in [0.05, 0.1) is 16.6 Å². The highest BCUT2D eigenvalue weighted by molar-refractivity contribution is 6.10. The monoisotopic (exact) mass is 528 g/mol. The molecule has 0 aliphatic carbocycles. The number of benzene rings is 3. The number of H-pyrrole nitrogens is 1. The first-order valence-electron chi connectivity index (χ1n) is 14.5. The number of aromatic nitrogens is 2. The zero-order valence-corrected chi connectivity index (χ0v) is 21.7. The molecule has 0 saturated carbocycles. The summed E-state index contributed by atoms with van der Waals surface area (Å²) in [5.41, 5.74) is 7.10. The van der Waals surface area contributed by atoms with Crippen LogP contribution in [-0.4, -0.2) is 45.8 Å². The van der Waals surface area contributed by atoms with Crippen molar-refractivity contribution >= 4 is 27.7 Å². The molecule has 2 heterocycles. The molecule has 0 aliphatic heterocycles. The van der Waals surface area contributed by atoms with Crippen molar-refractivity contribution in [1.82, 2.24) is 15.3 Å². The lowest BCUT2D eigenvalue weighted by molar-refractivity contribution is 0.0995. The van der Waals surface area contributed by atoms with E-state index in [9.17, 15) is 9.90 Å². The number of β-amino-alcohol motifs (C(OH)–C–C–N with tert-alkyl or cyclic N) is 1. The van der Waals surface area contributed by atoms with Crippen LogP contribution in [0.3, 0.4) is 0 Å². The zero-order valence-electron chi connectivity index (χ0n) is 25.7. The lowest BCUT2D eigenvalue weighted by Gasteiger charge is -2.28. The van der Waals surface area contributed by atoms with Crippen LogP contribution in [-0.2, 0) is 6.42 Å². The minimum absolute atomic E-state index is 0.00770. The second-order valence-electron chi connectivity index (χ2n) is 9.93. The minimum Gasteiger partial charge on any atom is -0.490 e. The lowest BCUT2D eigenvalue weighted by Crippen LogP contribution is -2.46. The summed E-state index contributed by atoms with van der Waals surface area (Å²) in [5.74, 6) is 0.579. The topological polar surface area (TPSA) is 122 Å². The van der Waals surface area contributed by atoms with E-state index in [-0.39, 0.29) is 48.6 Å². The third kappa shape index (κ3) is 6.37. The summed E-state index contributed by atoms with van der Waals surface area (Å²) in [4.78, 5) is 18.4.